The number of aromatic nitrogens is 2. The van der Waals surface area contributed by atoms with E-state index < -0.39 is 29.7 Å². The van der Waals surface area contributed by atoms with Crippen LogP contribution >= 0.6 is 24.8 Å². The Labute approximate surface area is 157 Å². The van der Waals surface area contributed by atoms with Crippen molar-refractivity contribution in [3.05, 3.63) is 32.6 Å². The number of H-pyrrole nitrogens is 1. The Morgan fingerprint density at radius 3 is 2.64 bits per heavy atom. The number of likely N-dealkylation sites (N-methyl/N-ethyl adjacent to an activating group) is 1. The van der Waals surface area contributed by atoms with Crippen molar-refractivity contribution >= 4 is 24.8 Å². The summed E-state index contributed by atoms with van der Waals surface area (Å²) < 4.78 is 6.71. The highest BCUT2D eigenvalue weighted by molar-refractivity contribution is 5.85. The maximum Gasteiger partial charge on any atom is 0.330 e. The zero-order valence-electron chi connectivity index (χ0n) is 14.2. The van der Waals surface area contributed by atoms with Gasteiger partial charge < -0.3 is 25.2 Å². The Morgan fingerprint density at radius 2 is 2.08 bits per heavy atom. The molecule has 1 saturated heterocycles. The first kappa shape index (κ1) is 24.1. The maximum absolute atomic E-state index is 12.0. The van der Waals surface area contributed by atoms with Gasteiger partial charge in [0.15, 0.2) is 0 Å². The van der Waals surface area contributed by atoms with Crippen LogP contribution in [0.2, 0.25) is 0 Å². The van der Waals surface area contributed by atoms with E-state index in [1.54, 1.807) is 0 Å². The highest BCUT2D eigenvalue weighted by atomic mass is 35.5. The fraction of sp³-hybridized carbons (Fsp3) is 0.714. The van der Waals surface area contributed by atoms with Crippen LogP contribution in [0.25, 0.3) is 0 Å². The number of halogens is 2. The smallest absolute Gasteiger partial charge is 0.330 e. The average molecular weight is 401 g/mol. The molecule has 11 heteroatoms. The van der Waals surface area contributed by atoms with Crippen LogP contribution in [0.4, 0.5) is 0 Å². The van der Waals surface area contributed by atoms with E-state index in [4.69, 9.17) is 9.84 Å². The lowest BCUT2D eigenvalue weighted by molar-refractivity contribution is -0.0460. The summed E-state index contributed by atoms with van der Waals surface area (Å²) in [6.07, 6.45) is -0.635. The molecule has 1 aromatic rings. The maximum atomic E-state index is 12.0. The number of aliphatic hydroxyl groups is 2. The quantitative estimate of drug-likeness (QED) is 0.418. The molecule has 0 bridgehead atoms. The summed E-state index contributed by atoms with van der Waals surface area (Å²) in [6.45, 7) is 1.53. The Kier molecular flexibility index (Phi) is 10.5. The zero-order chi connectivity index (χ0) is 17.0. The molecule has 9 nitrogen and oxygen atoms in total. The standard InChI is InChI=1S/C14H24N4O5.2ClH/c1-17(2)4-3-15-6-9-7-18(14(22)16-13(9)21)12-5-10(20)11(8-19)23-12;;/h7,10-12,15,19-20H,3-6,8H2,1-2H3,(H,16,21,22);2*1H/t10-,11+,12+;;/m0../s1. The molecule has 1 aromatic heterocycles. The van der Waals surface area contributed by atoms with Crippen LogP contribution in [0.15, 0.2) is 15.8 Å². The minimum atomic E-state index is -0.842. The van der Waals surface area contributed by atoms with Crippen molar-refractivity contribution in [3.8, 4) is 0 Å². The first-order valence-electron chi connectivity index (χ1n) is 7.56. The van der Waals surface area contributed by atoms with Gasteiger partial charge in [0.05, 0.1) is 12.7 Å². The van der Waals surface area contributed by atoms with Crippen molar-refractivity contribution in [2.75, 3.05) is 33.8 Å². The molecule has 0 amide bonds. The lowest BCUT2D eigenvalue weighted by Crippen LogP contribution is -2.36. The van der Waals surface area contributed by atoms with Crippen LogP contribution < -0.4 is 16.6 Å². The Balaban J connectivity index is 0.00000288. The predicted molar refractivity (Wildman–Crippen MR) is 97.7 cm³/mol. The van der Waals surface area contributed by atoms with E-state index in [9.17, 15) is 14.7 Å². The van der Waals surface area contributed by atoms with E-state index in [1.807, 2.05) is 19.0 Å². The highest BCUT2D eigenvalue weighted by Crippen LogP contribution is 2.27. The van der Waals surface area contributed by atoms with Gasteiger partial charge in [-0.15, -0.1) is 24.8 Å². The van der Waals surface area contributed by atoms with Crippen LogP contribution in [-0.4, -0.2) is 70.7 Å². The zero-order valence-corrected chi connectivity index (χ0v) is 15.8. The number of aliphatic hydroxyl groups excluding tert-OH is 2. The number of nitrogens with zero attached hydrogens (tertiary/aromatic N) is 2. The number of ether oxygens (including phenoxy) is 1. The number of aromatic amines is 1. The summed E-state index contributed by atoms with van der Waals surface area (Å²) in [4.78, 5) is 28.1. The van der Waals surface area contributed by atoms with E-state index in [1.165, 1.54) is 10.8 Å². The average Bonchev–Trinajstić information content (AvgIpc) is 2.86. The third-order valence-corrected chi connectivity index (χ3v) is 3.79. The SMILES string of the molecule is CN(C)CCNCc1cn([C@H]2C[C@H](O)[C@@H](CO)O2)c(=O)[nH]c1=O.Cl.Cl. The van der Waals surface area contributed by atoms with Crippen LogP contribution in [0.3, 0.4) is 0 Å². The van der Waals surface area contributed by atoms with Gasteiger partial charge in [-0.3, -0.25) is 14.3 Å². The summed E-state index contributed by atoms with van der Waals surface area (Å²) in [5.74, 6) is 0. The lowest BCUT2D eigenvalue weighted by atomic mass is 10.2. The molecule has 0 radical (unpaired) electrons. The van der Waals surface area contributed by atoms with Gasteiger partial charge in [0.1, 0.15) is 12.3 Å². The van der Waals surface area contributed by atoms with Crippen molar-refractivity contribution in [2.24, 2.45) is 0 Å². The Morgan fingerprint density at radius 1 is 1.40 bits per heavy atom. The van der Waals surface area contributed by atoms with Crippen LogP contribution in [-0.2, 0) is 11.3 Å². The molecule has 1 fully saturated rings. The van der Waals surface area contributed by atoms with Gasteiger partial charge in [-0.1, -0.05) is 0 Å². The fourth-order valence-electron chi connectivity index (χ4n) is 2.44. The van der Waals surface area contributed by atoms with Gasteiger partial charge in [-0.25, -0.2) is 4.79 Å². The van der Waals surface area contributed by atoms with E-state index in [0.717, 1.165) is 6.54 Å². The van der Waals surface area contributed by atoms with Gasteiger partial charge in [-0.2, -0.15) is 0 Å². The minimum absolute atomic E-state index is 0. The molecule has 2 heterocycles. The van der Waals surface area contributed by atoms with Crippen molar-refractivity contribution in [3.63, 3.8) is 0 Å². The van der Waals surface area contributed by atoms with Crippen LogP contribution in [0, 0.1) is 0 Å². The summed E-state index contributed by atoms with van der Waals surface area (Å²) in [7, 11) is 3.91. The Bertz CT molecular complexity index is 636. The van der Waals surface area contributed by atoms with E-state index >= 15 is 0 Å². The van der Waals surface area contributed by atoms with Crippen LogP contribution in [0.1, 0.15) is 18.2 Å². The van der Waals surface area contributed by atoms with E-state index in [-0.39, 0.29) is 37.8 Å². The molecule has 1 aliphatic rings. The monoisotopic (exact) mass is 400 g/mol. The molecule has 1 aliphatic heterocycles. The Hall–Kier alpha value is -0.940. The number of nitrogens with one attached hydrogen (secondary N) is 2. The molecular formula is C14H26Cl2N4O5. The summed E-state index contributed by atoms with van der Waals surface area (Å²) in [5, 5.41) is 22.0. The highest BCUT2D eigenvalue weighted by Gasteiger charge is 2.35. The van der Waals surface area contributed by atoms with Gasteiger partial charge in [0, 0.05) is 37.8 Å². The molecule has 0 spiro atoms. The number of hydrogen-bond donors (Lipinski definition) is 4. The number of hydrogen-bond acceptors (Lipinski definition) is 7. The molecular weight excluding hydrogens is 375 g/mol. The third kappa shape index (κ3) is 6.37. The first-order valence-corrected chi connectivity index (χ1v) is 7.56. The molecule has 146 valence electrons. The number of rotatable bonds is 7. The second kappa shape index (κ2) is 10.9. The molecule has 0 aliphatic carbocycles. The van der Waals surface area contributed by atoms with E-state index in [2.05, 4.69) is 10.3 Å². The largest absolute Gasteiger partial charge is 0.394 e. The molecule has 3 atom stereocenters. The summed E-state index contributed by atoms with van der Waals surface area (Å²) in [5.41, 5.74) is -0.627. The third-order valence-electron chi connectivity index (χ3n) is 3.79. The van der Waals surface area contributed by atoms with E-state index in [0.29, 0.717) is 18.7 Å². The van der Waals surface area contributed by atoms with Gasteiger partial charge in [0.25, 0.3) is 5.56 Å². The molecule has 4 N–H and O–H groups in total. The second-order valence-corrected chi connectivity index (χ2v) is 5.92. The summed E-state index contributed by atoms with van der Waals surface area (Å²) >= 11 is 0. The normalized spacial score (nSPS) is 22.5. The molecule has 0 aromatic carbocycles. The van der Waals surface area contributed by atoms with Gasteiger partial charge in [-0.05, 0) is 14.1 Å². The first-order chi connectivity index (χ1) is 10.9. The lowest BCUT2D eigenvalue weighted by Gasteiger charge is -2.15. The van der Waals surface area contributed by atoms with Crippen molar-refractivity contribution in [2.45, 2.75) is 31.4 Å². The molecule has 25 heavy (non-hydrogen) atoms. The molecule has 0 saturated carbocycles. The second-order valence-electron chi connectivity index (χ2n) is 5.92. The summed E-state index contributed by atoms with van der Waals surface area (Å²) in [6, 6.07) is 0. The predicted octanol–water partition coefficient (Wildman–Crippen LogP) is -1.33. The fourth-order valence-corrected chi connectivity index (χ4v) is 2.44. The minimum Gasteiger partial charge on any atom is -0.394 e. The van der Waals surface area contributed by atoms with Gasteiger partial charge in [0.2, 0.25) is 0 Å². The topological polar surface area (TPSA) is 120 Å². The van der Waals surface area contributed by atoms with Crippen molar-refractivity contribution in [1.82, 2.24) is 19.8 Å². The van der Waals surface area contributed by atoms with Gasteiger partial charge >= 0.3 is 5.69 Å². The van der Waals surface area contributed by atoms with Crippen LogP contribution in [0.5, 0.6) is 0 Å². The van der Waals surface area contributed by atoms with Crippen molar-refractivity contribution in [1.29, 1.82) is 0 Å². The molecule has 2 rings (SSSR count). The van der Waals surface area contributed by atoms with Crippen molar-refractivity contribution < 1.29 is 14.9 Å². The molecule has 0 unspecified atom stereocenters.